The molecule has 2 aromatic rings. The first kappa shape index (κ1) is 21.4. The van der Waals surface area contributed by atoms with Crippen molar-refractivity contribution in [1.82, 2.24) is 5.32 Å². The van der Waals surface area contributed by atoms with Crippen LogP contribution in [-0.2, 0) is 30.9 Å². The quantitative estimate of drug-likeness (QED) is 0.604. The molecule has 0 saturated heterocycles. The Morgan fingerprint density at radius 2 is 1.75 bits per heavy atom. The van der Waals surface area contributed by atoms with E-state index in [9.17, 15) is 18.0 Å². The first-order chi connectivity index (χ1) is 13.3. The predicted octanol–water partition coefficient (Wildman–Crippen LogP) is 1.27. The molecule has 0 atom stereocenters. The molecule has 3 N–H and O–H groups in total. The number of sulfonamides is 1. The molecule has 0 radical (unpaired) electrons. The Kier molecular flexibility index (Phi) is 7.53. The van der Waals surface area contributed by atoms with Crippen molar-refractivity contribution in [1.29, 1.82) is 0 Å². The lowest BCUT2D eigenvalue weighted by atomic mass is 10.2. The highest BCUT2D eigenvalue weighted by Crippen LogP contribution is 2.16. The first-order valence-electron chi connectivity index (χ1n) is 8.48. The minimum Gasteiger partial charge on any atom is -0.493 e. The van der Waals surface area contributed by atoms with Gasteiger partial charge in [0.25, 0.3) is 5.91 Å². The number of esters is 1. The minimum atomic E-state index is -3.75. The second kappa shape index (κ2) is 9.86. The third kappa shape index (κ3) is 7.01. The van der Waals surface area contributed by atoms with Gasteiger partial charge >= 0.3 is 5.97 Å². The molecule has 0 spiro atoms. The van der Waals surface area contributed by atoms with E-state index in [1.54, 1.807) is 0 Å². The van der Waals surface area contributed by atoms with Crippen LogP contribution in [0.2, 0.25) is 0 Å². The SMILES string of the molecule is Cc1ccccc1OCCC(=O)OCC(=O)NCc1ccc(S(N)(=O)=O)cc1. The van der Waals surface area contributed by atoms with Gasteiger partial charge in [0, 0.05) is 6.54 Å². The van der Waals surface area contributed by atoms with Gasteiger partial charge in [-0.3, -0.25) is 9.59 Å². The maximum atomic E-state index is 11.8. The largest absolute Gasteiger partial charge is 0.493 e. The van der Waals surface area contributed by atoms with Gasteiger partial charge in [-0.05, 0) is 36.2 Å². The predicted molar refractivity (Wildman–Crippen MR) is 102 cm³/mol. The highest BCUT2D eigenvalue weighted by molar-refractivity contribution is 7.89. The van der Waals surface area contributed by atoms with E-state index in [0.29, 0.717) is 11.3 Å². The fourth-order valence-electron chi connectivity index (χ4n) is 2.23. The summed E-state index contributed by atoms with van der Waals surface area (Å²) in [5, 5.41) is 7.59. The Hall–Kier alpha value is -2.91. The van der Waals surface area contributed by atoms with E-state index in [1.807, 2.05) is 31.2 Å². The molecule has 9 heteroatoms. The number of primary sulfonamides is 1. The molecule has 0 fully saturated rings. The highest BCUT2D eigenvalue weighted by Gasteiger charge is 2.10. The van der Waals surface area contributed by atoms with Crippen LogP contribution in [0.3, 0.4) is 0 Å². The van der Waals surface area contributed by atoms with Crippen molar-refractivity contribution in [2.24, 2.45) is 5.14 Å². The Labute approximate surface area is 163 Å². The second-order valence-electron chi connectivity index (χ2n) is 5.99. The number of nitrogens with one attached hydrogen (secondary N) is 1. The summed E-state index contributed by atoms with van der Waals surface area (Å²) in [6.45, 7) is 1.82. The molecule has 0 aliphatic rings. The number of aryl methyl sites for hydroxylation is 1. The Balaban J connectivity index is 1.66. The Morgan fingerprint density at radius 1 is 1.07 bits per heavy atom. The molecule has 2 rings (SSSR count). The fraction of sp³-hybridized carbons (Fsp3) is 0.263. The molecule has 28 heavy (non-hydrogen) atoms. The van der Waals surface area contributed by atoms with Gasteiger partial charge in [0.1, 0.15) is 5.75 Å². The van der Waals surface area contributed by atoms with Crippen LogP contribution >= 0.6 is 0 Å². The van der Waals surface area contributed by atoms with Crippen molar-refractivity contribution in [3.63, 3.8) is 0 Å². The summed E-state index contributed by atoms with van der Waals surface area (Å²) in [4.78, 5) is 23.4. The van der Waals surface area contributed by atoms with Crippen LogP contribution in [0.4, 0.5) is 0 Å². The summed E-state index contributed by atoms with van der Waals surface area (Å²) >= 11 is 0. The lowest BCUT2D eigenvalue weighted by Gasteiger charge is -2.09. The van der Waals surface area contributed by atoms with E-state index in [-0.39, 0.29) is 24.5 Å². The number of nitrogens with two attached hydrogens (primary N) is 1. The van der Waals surface area contributed by atoms with Crippen LogP contribution in [0.25, 0.3) is 0 Å². The standard InChI is InChI=1S/C19H22N2O6S/c1-14-4-2-3-5-17(14)26-11-10-19(23)27-13-18(22)21-12-15-6-8-16(9-7-15)28(20,24)25/h2-9H,10-13H2,1H3,(H,21,22)(H2,20,24,25). The summed E-state index contributed by atoms with van der Waals surface area (Å²) in [5.74, 6) is -0.313. The van der Waals surface area contributed by atoms with Crippen LogP contribution < -0.4 is 15.2 Å². The van der Waals surface area contributed by atoms with Crippen LogP contribution in [0.1, 0.15) is 17.5 Å². The zero-order chi connectivity index (χ0) is 20.6. The monoisotopic (exact) mass is 406 g/mol. The molecular weight excluding hydrogens is 384 g/mol. The molecule has 2 aromatic carbocycles. The molecule has 0 unspecified atom stereocenters. The number of benzene rings is 2. The minimum absolute atomic E-state index is 0.00979. The van der Waals surface area contributed by atoms with Crippen LogP contribution in [0.15, 0.2) is 53.4 Å². The number of hydrogen-bond acceptors (Lipinski definition) is 6. The second-order valence-corrected chi connectivity index (χ2v) is 7.55. The van der Waals surface area contributed by atoms with Crippen molar-refractivity contribution in [3.8, 4) is 5.75 Å². The summed E-state index contributed by atoms with van der Waals surface area (Å²) in [6, 6.07) is 13.2. The highest BCUT2D eigenvalue weighted by atomic mass is 32.2. The summed E-state index contributed by atoms with van der Waals surface area (Å²) in [5.41, 5.74) is 1.64. The van der Waals surface area contributed by atoms with Gasteiger partial charge in [-0.25, -0.2) is 13.6 Å². The molecule has 8 nitrogen and oxygen atoms in total. The fourth-order valence-corrected chi connectivity index (χ4v) is 2.75. The molecule has 0 saturated carbocycles. The Morgan fingerprint density at radius 3 is 2.39 bits per heavy atom. The molecule has 1 amide bonds. The number of para-hydroxylation sites is 1. The van der Waals surface area contributed by atoms with E-state index in [1.165, 1.54) is 24.3 Å². The van der Waals surface area contributed by atoms with Gasteiger partial charge in [-0.15, -0.1) is 0 Å². The van der Waals surface area contributed by atoms with E-state index < -0.39 is 28.5 Å². The summed E-state index contributed by atoms with van der Waals surface area (Å²) < 4.78 is 32.8. The maximum Gasteiger partial charge on any atom is 0.309 e. The van der Waals surface area contributed by atoms with Crippen LogP contribution in [0, 0.1) is 6.92 Å². The van der Waals surface area contributed by atoms with E-state index in [4.69, 9.17) is 14.6 Å². The van der Waals surface area contributed by atoms with Crippen molar-refractivity contribution in [2.75, 3.05) is 13.2 Å². The zero-order valence-corrected chi connectivity index (χ0v) is 16.2. The van der Waals surface area contributed by atoms with Crippen molar-refractivity contribution < 1.29 is 27.5 Å². The summed E-state index contributed by atoms with van der Waals surface area (Å²) in [6.07, 6.45) is 0.0244. The van der Waals surface area contributed by atoms with Gasteiger partial charge in [0.15, 0.2) is 6.61 Å². The third-order valence-electron chi connectivity index (χ3n) is 3.76. The lowest BCUT2D eigenvalue weighted by Crippen LogP contribution is -2.28. The Bertz CT molecular complexity index is 926. The molecule has 0 heterocycles. The van der Waals surface area contributed by atoms with Gasteiger partial charge in [-0.2, -0.15) is 0 Å². The van der Waals surface area contributed by atoms with Gasteiger partial charge < -0.3 is 14.8 Å². The van der Waals surface area contributed by atoms with Crippen molar-refractivity contribution in [2.45, 2.75) is 24.8 Å². The van der Waals surface area contributed by atoms with Crippen LogP contribution in [-0.4, -0.2) is 33.5 Å². The lowest BCUT2D eigenvalue weighted by molar-refractivity contribution is -0.149. The van der Waals surface area contributed by atoms with E-state index in [0.717, 1.165) is 5.56 Å². The number of hydrogen-bond donors (Lipinski definition) is 2. The molecule has 0 aromatic heterocycles. The van der Waals surface area contributed by atoms with Crippen LogP contribution in [0.5, 0.6) is 5.75 Å². The number of carbonyl (C=O) groups excluding carboxylic acids is 2. The average Bonchev–Trinajstić information content (AvgIpc) is 2.66. The molecule has 0 bridgehead atoms. The van der Waals surface area contributed by atoms with E-state index in [2.05, 4.69) is 5.32 Å². The molecule has 150 valence electrons. The van der Waals surface area contributed by atoms with Crippen molar-refractivity contribution in [3.05, 3.63) is 59.7 Å². The average molecular weight is 406 g/mol. The first-order valence-corrected chi connectivity index (χ1v) is 10.0. The smallest absolute Gasteiger partial charge is 0.309 e. The number of carbonyl (C=O) groups is 2. The number of ether oxygens (including phenoxy) is 2. The maximum absolute atomic E-state index is 11.8. The topological polar surface area (TPSA) is 125 Å². The molecular formula is C19H22N2O6S. The number of rotatable bonds is 9. The zero-order valence-electron chi connectivity index (χ0n) is 15.4. The van der Waals surface area contributed by atoms with Crippen molar-refractivity contribution >= 4 is 21.9 Å². The van der Waals surface area contributed by atoms with Gasteiger partial charge in [0.05, 0.1) is 17.9 Å². The normalized spacial score (nSPS) is 10.9. The van der Waals surface area contributed by atoms with Gasteiger partial charge in [-0.1, -0.05) is 30.3 Å². The van der Waals surface area contributed by atoms with E-state index >= 15 is 0 Å². The molecule has 0 aliphatic carbocycles. The number of amides is 1. The third-order valence-corrected chi connectivity index (χ3v) is 4.69. The van der Waals surface area contributed by atoms with Gasteiger partial charge in [0.2, 0.25) is 10.0 Å². The summed E-state index contributed by atoms with van der Waals surface area (Å²) in [7, 11) is -3.75. The molecule has 0 aliphatic heterocycles.